The summed E-state index contributed by atoms with van der Waals surface area (Å²) >= 11 is 0. The van der Waals surface area contributed by atoms with Gasteiger partial charge < -0.3 is 26.6 Å². The topological polar surface area (TPSA) is 136 Å². The van der Waals surface area contributed by atoms with Gasteiger partial charge in [-0.2, -0.15) is 5.10 Å². The summed E-state index contributed by atoms with van der Waals surface area (Å²) in [6, 6.07) is 11.4. The lowest BCUT2D eigenvalue weighted by molar-refractivity contribution is 0.302. The van der Waals surface area contributed by atoms with Crippen LogP contribution in [0.5, 0.6) is 11.6 Å². The SMILES string of the molecule is CCc1cc(O)ccc1N=C(N)c1cnn2cc(-c3ccc(OC)nc3)cc2c1NC1CCCC(N)[C@H]1C. The van der Waals surface area contributed by atoms with Crippen LogP contribution in [0.4, 0.5) is 11.4 Å². The third-order valence-electron chi connectivity index (χ3n) is 7.57. The zero-order valence-corrected chi connectivity index (χ0v) is 22.1. The Morgan fingerprint density at radius 1 is 1.18 bits per heavy atom. The zero-order valence-electron chi connectivity index (χ0n) is 22.1. The van der Waals surface area contributed by atoms with E-state index in [4.69, 9.17) is 21.2 Å². The second-order valence-corrected chi connectivity index (χ2v) is 9.95. The van der Waals surface area contributed by atoms with Gasteiger partial charge in [0, 0.05) is 41.7 Å². The van der Waals surface area contributed by atoms with Gasteiger partial charge in [0.05, 0.1) is 35.8 Å². The molecule has 1 aliphatic carbocycles. The van der Waals surface area contributed by atoms with Crippen molar-refractivity contribution in [3.8, 4) is 22.8 Å². The quantitative estimate of drug-likeness (QED) is 0.209. The minimum Gasteiger partial charge on any atom is -0.508 e. The van der Waals surface area contributed by atoms with Crippen LogP contribution in [0.1, 0.15) is 44.2 Å². The van der Waals surface area contributed by atoms with Crippen LogP contribution in [-0.2, 0) is 6.42 Å². The number of phenolic OH excluding ortho intramolecular Hbond substituents is 1. The fourth-order valence-electron chi connectivity index (χ4n) is 5.17. The van der Waals surface area contributed by atoms with E-state index in [-0.39, 0.29) is 17.8 Å². The third-order valence-corrected chi connectivity index (χ3v) is 7.57. The highest BCUT2D eigenvalue weighted by molar-refractivity contribution is 6.06. The van der Waals surface area contributed by atoms with Gasteiger partial charge in [0.1, 0.15) is 11.6 Å². The lowest BCUT2D eigenvalue weighted by Crippen LogP contribution is -2.43. The number of nitrogens with zero attached hydrogens (tertiary/aromatic N) is 4. The number of aromatic hydroxyl groups is 1. The fourth-order valence-corrected chi connectivity index (χ4v) is 5.17. The molecule has 4 aromatic rings. The van der Waals surface area contributed by atoms with Crippen molar-refractivity contribution in [1.82, 2.24) is 14.6 Å². The highest BCUT2D eigenvalue weighted by atomic mass is 16.5. The molecule has 38 heavy (non-hydrogen) atoms. The van der Waals surface area contributed by atoms with E-state index in [0.717, 1.165) is 64.8 Å². The molecule has 1 aliphatic rings. The van der Waals surface area contributed by atoms with Gasteiger partial charge in [-0.15, -0.1) is 0 Å². The number of aryl methyl sites for hydroxylation is 1. The normalized spacial score (nSPS) is 20.0. The predicted molar refractivity (Wildman–Crippen MR) is 151 cm³/mol. The van der Waals surface area contributed by atoms with Crippen molar-refractivity contribution in [3.05, 3.63) is 66.1 Å². The van der Waals surface area contributed by atoms with Gasteiger partial charge >= 0.3 is 0 Å². The number of methoxy groups -OCH3 is 1. The Morgan fingerprint density at radius 2 is 2.03 bits per heavy atom. The molecule has 0 aliphatic heterocycles. The molecular weight excluding hydrogens is 478 g/mol. The number of ether oxygens (including phenoxy) is 1. The average molecular weight is 514 g/mol. The molecule has 3 heterocycles. The molecule has 198 valence electrons. The molecule has 0 saturated heterocycles. The van der Waals surface area contributed by atoms with Gasteiger partial charge in [0.25, 0.3) is 0 Å². The van der Waals surface area contributed by atoms with E-state index in [0.29, 0.717) is 17.6 Å². The number of fused-ring (bicyclic) bond motifs is 1. The van der Waals surface area contributed by atoms with Gasteiger partial charge in [-0.05, 0) is 67.5 Å². The van der Waals surface area contributed by atoms with Gasteiger partial charge in [-0.1, -0.05) is 13.8 Å². The largest absolute Gasteiger partial charge is 0.508 e. The first kappa shape index (κ1) is 25.5. The van der Waals surface area contributed by atoms with Crippen LogP contribution in [0, 0.1) is 5.92 Å². The molecule has 3 aromatic heterocycles. The number of hydrogen-bond donors (Lipinski definition) is 4. The Hall–Kier alpha value is -4.11. The number of phenols is 1. The number of aliphatic imine (C=N–C) groups is 1. The molecule has 3 atom stereocenters. The molecule has 1 aromatic carbocycles. The highest BCUT2D eigenvalue weighted by Gasteiger charge is 2.29. The Kier molecular flexibility index (Phi) is 7.20. The number of amidine groups is 1. The number of pyridine rings is 1. The van der Waals surface area contributed by atoms with Crippen LogP contribution in [0.3, 0.4) is 0 Å². The zero-order chi connectivity index (χ0) is 26.8. The number of benzene rings is 1. The monoisotopic (exact) mass is 513 g/mol. The molecule has 5 rings (SSSR count). The molecule has 0 spiro atoms. The Bertz CT molecular complexity index is 1460. The van der Waals surface area contributed by atoms with E-state index in [2.05, 4.69) is 28.4 Å². The number of nitrogens with two attached hydrogens (primary N) is 2. The summed E-state index contributed by atoms with van der Waals surface area (Å²) in [4.78, 5) is 9.12. The summed E-state index contributed by atoms with van der Waals surface area (Å²) in [6.07, 6.45) is 9.36. The molecule has 9 nitrogen and oxygen atoms in total. The molecule has 0 bridgehead atoms. The number of aromatic nitrogens is 3. The Balaban J connectivity index is 1.62. The van der Waals surface area contributed by atoms with Crippen LogP contribution in [0.2, 0.25) is 0 Å². The molecule has 0 amide bonds. The van der Waals surface area contributed by atoms with Gasteiger partial charge in [0.2, 0.25) is 5.88 Å². The van der Waals surface area contributed by atoms with Crippen molar-refractivity contribution in [1.29, 1.82) is 0 Å². The van der Waals surface area contributed by atoms with Crippen molar-refractivity contribution in [2.45, 2.75) is 51.6 Å². The summed E-state index contributed by atoms with van der Waals surface area (Å²) in [6.45, 7) is 4.22. The first-order chi connectivity index (χ1) is 18.4. The molecule has 6 N–H and O–H groups in total. The maximum atomic E-state index is 9.91. The van der Waals surface area contributed by atoms with E-state index in [1.165, 1.54) is 0 Å². The highest BCUT2D eigenvalue weighted by Crippen LogP contribution is 2.33. The van der Waals surface area contributed by atoms with Crippen LogP contribution in [0.25, 0.3) is 16.6 Å². The third kappa shape index (κ3) is 5.02. The summed E-state index contributed by atoms with van der Waals surface area (Å²) in [5.41, 5.74) is 19.1. The van der Waals surface area contributed by atoms with Gasteiger partial charge in [-0.25, -0.2) is 14.5 Å². The molecule has 2 unspecified atom stereocenters. The molecule has 1 saturated carbocycles. The van der Waals surface area contributed by atoms with E-state index < -0.39 is 0 Å². The van der Waals surface area contributed by atoms with Crippen molar-refractivity contribution in [3.63, 3.8) is 0 Å². The second-order valence-electron chi connectivity index (χ2n) is 9.95. The fraction of sp³-hybridized carbons (Fsp3) is 0.345. The lowest BCUT2D eigenvalue weighted by Gasteiger charge is -2.35. The predicted octanol–water partition coefficient (Wildman–Crippen LogP) is 4.64. The number of hydrogen-bond acceptors (Lipinski definition) is 7. The van der Waals surface area contributed by atoms with Crippen LogP contribution in [-0.4, -0.2) is 44.7 Å². The second kappa shape index (κ2) is 10.7. The molecule has 0 radical (unpaired) electrons. The number of anilines is 1. The summed E-state index contributed by atoms with van der Waals surface area (Å²) < 4.78 is 7.06. The average Bonchev–Trinajstić information content (AvgIpc) is 3.37. The summed E-state index contributed by atoms with van der Waals surface area (Å²) in [5.74, 6) is 1.42. The van der Waals surface area contributed by atoms with Crippen molar-refractivity contribution < 1.29 is 9.84 Å². The van der Waals surface area contributed by atoms with E-state index in [9.17, 15) is 5.11 Å². The maximum Gasteiger partial charge on any atom is 0.212 e. The number of nitrogens with one attached hydrogen (secondary N) is 1. The van der Waals surface area contributed by atoms with Crippen molar-refractivity contribution >= 4 is 22.7 Å². The Labute approximate surface area is 222 Å². The van der Waals surface area contributed by atoms with Crippen LogP contribution < -0.4 is 21.5 Å². The first-order valence-electron chi connectivity index (χ1n) is 13.1. The minimum absolute atomic E-state index is 0.144. The molecule has 1 fully saturated rings. The summed E-state index contributed by atoms with van der Waals surface area (Å²) in [7, 11) is 1.60. The van der Waals surface area contributed by atoms with E-state index in [1.54, 1.807) is 37.7 Å². The number of rotatable bonds is 7. The summed E-state index contributed by atoms with van der Waals surface area (Å²) in [5, 5.41) is 18.4. The smallest absolute Gasteiger partial charge is 0.212 e. The van der Waals surface area contributed by atoms with E-state index in [1.807, 2.05) is 29.8 Å². The lowest BCUT2D eigenvalue weighted by atomic mass is 9.82. The van der Waals surface area contributed by atoms with Crippen molar-refractivity contribution in [2.75, 3.05) is 12.4 Å². The Morgan fingerprint density at radius 3 is 2.76 bits per heavy atom. The van der Waals surface area contributed by atoms with E-state index >= 15 is 0 Å². The minimum atomic E-state index is 0.144. The maximum absolute atomic E-state index is 9.91. The molecular formula is C29H35N7O2. The van der Waals surface area contributed by atoms with Crippen molar-refractivity contribution in [2.24, 2.45) is 22.4 Å². The van der Waals surface area contributed by atoms with Gasteiger partial charge in [-0.3, -0.25) is 0 Å². The standard InChI is InChI=1S/C29H35N7O2/c1-4-18-12-21(37)9-10-25(18)35-29(31)22-15-33-36-16-20(19-8-11-27(38-3)32-14-19)13-26(36)28(22)34-24-7-5-6-23(30)17(24)2/h8-17,23-24,34,37H,4-7,30H2,1-3H3,(H2,31,35)/t17-,23?,24?/m1/s1. The molecule has 9 heteroatoms. The first-order valence-corrected chi connectivity index (χ1v) is 13.1. The van der Waals surface area contributed by atoms with Crippen LogP contribution in [0.15, 0.2) is 60.0 Å². The van der Waals surface area contributed by atoms with Gasteiger partial charge in [0.15, 0.2) is 0 Å². The van der Waals surface area contributed by atoms with Crippen LogP contribution >= 0.6 is 0 Å².